The molecule has 0 aliphatic heterocycles. The van der Waals surface area contributed by atoms with E-state index in [1.54, 1.807) is 0 Å². The molecule has 2 atom stereocenters. The van der Waals surface area contributed by atoms with E-state index in [1.165, 1.54) is 133 Å². The average molecular weight is 1120 g/mol. The van der Waals surface area contributed by atoms with Crippen molar-refractivity contribution in [3.63, 3.8) is 0 Å². The Morgan fingerprint density at radius 1 is 0.429 bits per heavy atom. The molecule has 0 radical (unpaired) electrons. The van der Waals surface area contributed by atoms with Crippen LogP contribution in [0.3, 0.4) is 0 Å². The molecule has 0 saturated carbocycles. The van der Waals surface area contributed by atoms with Crippen LogP contribution in [0.4, 0.5) is 0 Å². The van der Waals surface area contributed by atoms with Gasteiger partial charge in [-0.1, -0.05) is 194 Å². The first-order valence-corrected chi connectivity index (χ1v) is 30.6. The summed E-state index contributed by atoms with van der Waals surface area (Å²) in [6.07, 6.45) is 34.2. The molecule has 0 heterocycles. The molecule has 1 amide bonds. The van der Waals surface area contributed by atoms with Crippen LogP contribution in [-0.2, 0) is 56.6 Å². The fourth-order valence-corrected chi connectivity index (χ4v) is 9.45. The summed E-state index contributed by atoms with van der Waals surface area (Å²) in [5.74, 6) is -8.15. The zero-order valence-electron chi connectivity index (χ0n) is 47.1. The molecule has 0 aliphatic carbocycles. The zero-order valence-corrected chi connectivity index (χ0v) is 48.0. The number of carbonyl (C=O) groups excluding carboxylic acids is 7. The Morgan fingerprint density at radius 3 is 1.13 bits per heavy atom. The van der Waals surface area contributed by atoms with Gasteiger partial charge in [-0.3, -0.25) is 33.6 Å². The molecule has 0 aromatic heterocycles. The molecule has 0 aromatic rings. The van der Waals surface area contributed by atoms with Gasteiger partial charge in [0.25, 0.3) is 7.82 Å². The Kier molecular flexibility index (Phi) is 48.1. The third kappa shape index (κ3) is 51.5. The molecule has 1 unspecified atom stereocenters. The lowest BCUT2D eigenvalue weighted by atomic mass is 10.0. The summed E-state index contributed by atoms with van der Waals surface area (Å²) in [7, 11) is -5.07. The van der Waals surface area contributed by atoms with Crippen molar-refractivity contribution in [1.29, 1.82) is 0 Å². The lowest BCUT2D eigenvalue weighted by Gasteiger charge is -2.30. The standard InChI is InChI=1S/C55H103N4O17P/c1-3-5-7-9-11-13-15-17-19-21-23-25-27-29-31-33-54(69)73-46-48(76-55(70)34-32-30-28-26-24-22-20-18-16-14-12-10-8-6-4-2)47-75-77(71,72)74-40-35-56-49(60)41-58(43-51(63)64)38-36-57(42-50(61)62)37-39-59(44-52(65)66)45-53(67)68/h48H,3-47H2,1-2H3,(H,56,60)(H,61,62)(H,63,64)(H,65,66)(H,67,68)(H,71,72)/p-5/t48-/m1/s1. The maximum Gasteiger partial charge on any atom is 0.306 e. The minimum atomic E-state index is -5.07. The van der Waals surface area contributed by atoms with Crippen LogP contribution in [0.25, 0.3) is 0 Å². The second kappa shape index (κ2) is 50.5. The minimum absolute atomic E-state index is 0.0870. The van der Waals surface area contributed by atoms with Gasteiger partial charge in [-0.05, 0) is 12.8 Å². The van der Waals surface area contributed by atoms with Crippen molar-refractivity contribution >= 4 is 49.5 Å². The molecular formula is C55H98N4O17P-5. The number of nitrogens with one attached hydrogen (secondary N) is 1. The molecule has 1 N–H and O–H groups in total. The summed E-state index contributed by atoms with van der Waals surface area (Å²) in [6, 6.07) is 0. The number of carboxylic acids is 4. The lowest BCUT2D eigenvalue weighted by molar-refractivity contribution is -0.311. The van der Waals surface area contributed by atoms with Crippen molar-refractivity contribution in [3.05, 3.63) is 0 Å². The van der Waals surface area contributed by atoms with E-state index >= 15 is 0 Å². The maximum absolute atomic E-state index is 12.9. The Morgan fingerprint density at radius 2 is 0.753 bits per heavy atom. The van der Waals surface area contributed by atoms with Crippen LogP contribution in [0.15, 0.2) is 0 Å². The highest BCUT2D eigenvalue weighted by Crippen LogP contribution is 2.38. The highest BCUT2D eigenvalue weighted by Gasteiger charge is 2.22. The summed E-state index contributed by atoms with van der Waals surface area (Å²) in [5, 5.41) is 47.2. The predicted octanol–water partition coefficient (Wildman–Crippen LogP) is 3.49. The zero-order chi connectivity index (χ0) is 57.2. The minimum Gasteiger partial charge on any atom is -0.756 e. The molecule has 450 valence electrons. The molecule has 0 bridgehead atoms. The topological polar surface area (TPSA) is 311 Å². The van der Waals surface area contributed by atoms with Crippen molar-refractivity contribution in [2.75, 3.05) is 85.3 Å². The number of nitrogens with zero attached hydrogens (tertiary/aromatic N) is 3. The van der Waals surface area contributed by atoms with E-state index in [2.05, 4.69) is 19.2 Å². The fraction of sp³-hybridized carbons (Fsp3) is 0.873. The third-order valence-electron chi connectivity index (χ3n) is 13.0. The maximum atomic E-state index is 12.9. The highest BCUT2D eigenvalue weighted by atomic mass is 31.2. The SMILES string of the molecule is CCCCCCCCCCCCCCCCCC(=O)OC[C@H](COP(=O)([O-])OCCNC(=O)CN(CCN(CCN(CC(=O)[O-])CC(=O)[O-])CC(=O)[O-])CC(=O)[O-])OC(=O)CCCCCCCCCCCCCCCCC. The summed E-state index contributed by atoms with van der Waals surface area (Å²) in [6.45, 7) is -2.13. The summed E-state index contributed by atoms with van der Waals surface area (Å²) in [4.78, 5) is 99.2. The normalized spacial score (nSPS) is 12.7. The van der Waals surface area contributed by atoms with E-state index < -0.39 is 108 Å². The number of hydrogen-bond acceptors (Lipinski definition) is 20. The van der Waals surface area contributed by atoms with Gasteiger partial charge >= 0.3 is 11.9 Å². The largest absolute Gasteiger partial charge is 0.756 e. The van der Waals surface area contributed by atoms with Gasteiger partial charge < -0.3 is 68.3 Å². The van der Waals surface area contributed by atoms with Crippen LogP contribution in [0, 0.1) is 0 Å². The predicted molar refractivity (Wildman–Crippen MR) is 282 cm³/mol. The Balaban J connectivity index is 5.06. The highest BCUT2D eigenvalue weighted by molar-refractivity contribution is 7.45. The Bertz CT molecular complexity index is 1590. The van der Waals surface area contributed by atoms with Crippen LogP contribution >= 0.6 is 7.82 Å². The van der Waals surface area contributed by atoms with E-state index in [9.17, 15) is 63.4 Å². The Labute approximate surface area is 460 Å². The van der Waals surface area contributed by atoms with Crippen LogP contribution in [-0.4, -0.2) is 148 Å². The van der Waals surface area contributed by atoms with E-state index in [4.69, 9.17) is 18.5 Å². The molecule has 0 aromatic carbocycles. The number of rotatable bonds is 58. The lowest BCUT2D eigenvalue weighted by Crippen LogP contribution is -2.50. The monoisotopic (exact) mass is 1120 g/mol. The number of phosphoric acid groups is 1. The third-order valence-corrected chi connectivity index (χ3v) is 14.0. The van der Waals surface area contributed by atoms with Gasteiger partial charge in [-0.2, -0.15) is 0 Å². The van der Waals surface area contributed by atoms with Gasteiger partial charge in [0.05, 0.1) is 43.6 Å². The van der Waals surface area contributed by atoms with Crippen LogP contribution in [0.2, 0.25) is 0 Å². The average Bonchev–Trinajstić information content (AvgIpc) is 3.36. The van der Waals surface area contributed by atoms with Crippen LogP contribution in [0.1, 0.15) is 219 Å². The van der Waals surface area contributed by atoms with E-state index in [0.29, 0.717) is 12.8 Å². The number of carboxylic acid groups (broad SMARTS) is 4. The fourth-order valence-electron chi connectivity index (χ4n) is 8.71. The molecule has 0 aliphatic rings. The second-order valence-electron chi connectivity index (χ2n) is 20.3. The summed E-state index contributed by atoms with van der Waals surface area (Å²) < 4.78 is 33.6. The summed E-state index contributed by atoms with van der Waals surface area (Å²) >= 11 is 0. The van der Waals surface area contributed by atoms with E-state index in [0.717, 1.165) is 61.2 Å². The van der Waals surface area contributed by atoms with Gasteiger partial charge in [0.15, 0.2) is 6.10 Å². The molecule has 77 heavy (non-hydrogen) atoms. The molecule has 21 nitrogen and oxygen atoms in total. The molecule has 22 heteroatoms. The van der Waals surface area contributed by atoms with Gasteiger partial charge in [0.1, 0.15) is 6.61 Å². The first-order chi connectivity index (χ1) is 37.0. The van der Waals surface area contributed by atoms with E-state index in [-0.39, 0.29) is 45.6 Å². The van der Waals surface area contributed by atoms with Gasteiger partial charge in [0.2, 0.25) is 5.91 Å². The van der Waals surface area contributed by atoms with Gasteiger partial charge in [-0.15, -0.1) is 0 Å². The van der Waals surface area contributed by atoms with Crippen molar-refractivity contribution in [3.8, 4) is 0 Å². The number of amides is 1. The van der Waals surface area contributed by atoms with Crippen molar-refractivity contribution < 1.29 is 82.0 Å². The van der Waals surface area contributed by atoms with Crippen LogP contribution in [0.5, 0.6) is 0 Å². The molecule has 0 saturated heterocycles. The van der Waals surface area contributed by atoms with Crippen LogP contribution < -0.4 is 30.6 Å². The smallest absolute Gasteiger partial charge is 0.306 e. The first kappa shape index (κ1) is 73.3. The van der Waals surface area contributed by atoms with Crippen molar-refractivity contribution in [2.24, 2.45) is 0 Å². The number of aliphatic carboxylic acids is 4. The molecule has 0 rings (SSSR count). The number of hydrogen-bond donors (Lipinski definition) is 1. The Hall–Kier alpha value is -3.72. The number of ether oxygens (including phenoxy) is 2. The van der Waals surface area contributed by atoms with E-state index in [1.807, 2.05) is 0 Å². The van der Waals surface area contributed by atoms with Crippen molar-refractivity contribution in [2.45, 2.75) is 225 Å². The van der Waals surface area contributed by atoms with Gasteiger partial charge in [-0.25, -0.2) is 0 Å². The number of esters is 2. The number of phosphoric ester groups is 1. The number of unbranched alkanes of at least 4 members (excludes halogenated alkanes) is 28. The van der Waals surface area contributed by atoms with Crippen molar-refractivity contribution in [1.82, 2.24) is 20.0 Å². The second-order valence-corrected chi connectivity index (χ2v) is 21.7. The molecule has 0 spiro atoms. The summed E-state index contributed by atoms with van der Waals surface area (Å²) in [5.41, 5.74) is 0. The number of carbonyl (C=O) groups is 7. The van der Waals surface area contributed by atoms with Gasteiger partial charge in [0, 0.05) is 71.7 Å². The molecule has 0 fully saturated rings. The molecular weight excluding hydrogens is 1020 g/mol. The first-order valence-electron chi connectivity index (χ1n) is 29.1. The quantitative estimate of drug-likeness (QED) is 0.0518.